The second-order valence-electron chi connectivity index (χ2n) is 4.58. The quantitative estimate of drug-likeness (QED) is 0.410. The van der Waals surface area contributed by atoms with Gasteiger partial charge in [-0.1, -0.05) is 64.7 Å². The average Bonchev–Trinajstić information content (AvgIpc) is 2.31. The Morgan fingerprint density at radius 3 is 2.12 bits per heavy atom. The van der Waals surface area contributed by atoms with Gasteiger partial charge in [-0.25, -0.2) is 0 Å². The van der Waals surface area contributed by atoms with Crippen molar-refractivity contribution in [3.8, 4) is 12.3 Å². The van der Waals surface area contributed by atoms with Gasteiger partial charge in [-0.15, -0.1) is 6.42 Å². The molecule has 0 heterocycles. The largest absolute Gasteiger partial charge is 0.304 e. The van der Waals surface area contributed by atoms with Crippen LogP contribution in [-0.2, 0) is 0 Å². The molecule has 0 rings (SSSR count). The van der Waals surface area contributed by atoms with E-state index in [-0.39, 0.29) is 0 Å². The highest BCUT2D eigenvalue weighted by Crippen LogP contribution is 2.06. The van der Waals surface area contributed by atoms with E-state index in [0.717, 1.165) is 13.0 Å². The van der Waals surface area contributed by atoms with E-state index in [1.54, 1.807) is 0 Å². The molecule has 0 saturated heterocycles. The maximum absolute atomic E-state index is 5.44. The highest BCUT2D eigenvalue weighted by molar-refractivity contribution is 4.98. The fourth-order valence-electron chi connectivity index (χ4n) is 1.89. The Balaban J connectivity index is 3.16. The zero-order valence-corrected chi connectivity index (χ0v) is 11.2. The second kappa shape index (κ2) is 12.6. The van der Waals surface area contributed by atoms with E-state index in [4.69, 9.17) is 6.42 Å². The lowest BCUT2D eigenvalue weighted by Gasteiger charge is -2.11. The number of terminal acetylenes is 1. The summed E-state index contributed by atoms with van der Waals surface area (Å²) in [6.07, 6.45) is 17.3. The summed E-state index contributed by atoms with van der Waals surface area (Å²) in [5.41, 5.74) is 0. The number of rotatable bonds is 11. The predicted octanol–water partition coefficient (Wildman–Crippen LogP) is 4.13. The third-order valence-electron chi connectivity index (χ3n) is 2.95. The molecular weight excluding hydrogens is 194 g/mol. The van der Waals surface area contributed by atoms with Gasteiger partial charge in [0.2, 0.25) is 0 Å². The molecule has 0 aliphatic rings. The van der Waals surface area contributed by atoms with Crippen LogP contribution < -0.4 is 5.32 Å². The van der Waals surface area contributed by atoms with Gasteiger partial charge in [-0.2, -0.15) is 0 Å². The first-order valence-electron chi connectivity index (χ1n) is 7.04. The van der Waals surface area contributed by atoms with Crippen LogP contribution in [0, 0.1) is 12.3 Å². The molecule has 1 heteroatoms. The van der Waals surface area contributed by atoms with Crippen LogP contribution in [0.4, 0.5) is 0 Å². The molecule has 1 unspecified atom stereocenters. The molecule has 0 radical (unpaired) electrons. The van der Waals surface area contributed by atoms with Crippen LogP contribution >= 0.6 is 0 Å². The maximum Gasteiger partial charge on any atom is 0.0686 e. The van der Waals surface area contributed by atoms with E-state index in [1.807, 2.05) is 0 Å². The molecule has 1 N–H and O–H groups in total. The van der Waals surface area contributed by atoms with Crippen molar-refractivity contribution >= 4 is 0 Å². The van der Waals surface area contributed by atoms with Crippen molar-refractivity contribution < 1.29 is 0 Å². The smallest absolute Gasteiger partial charge is 0.0686 e. The monoisotopic (exact) mass is 223 g/mol. The molecule has 16 heavy (non-hydrogen) atoms. The lowest BCUT2D eigenvalue weighted by molar-refractivity contribution is 0.522. The van der Waals surface area contributed by atoms with Gasteiger partial charge in [0.05, 0.1) is 6.04 Å². The minimum atomic E-state index is 0.296. The summed E-state index contributed by atoms with van der Waals surface area (Å²) in [6, 6.07) is 0.296. The summed E-state index contributed by atoms with van der Waals surface area (Å²) in [5.74, 6) is 2.81. The fourth-order valence-corrected chi connectivity index (χ4v) is 1.89. The van der Waals surface area contributed by atoms with Crippen LogP contribution in [0.1, 0.15) is 71.6 Å². The van der Waals surface area contributed by atoms with Crippen LogP contribution in [0.25, 0.3) is 0 Å². The molecular formula is C15H29N. The Labute approximate surface area is 102 Å². The lowest BCUT2D eigenvalue weighted by Crippen LogP contribution is -2.28. The van der Waals surface area contributed by atoms with Crippen LogP contribution in [-0.4, -0.2) is 12.6 Å². The second-order valence-corrected chi connectivity index (χ2v) is 4.58. The van der Waals surface area contributed by atoms with Crippen molar-refractivity contribution in [3.63, 3.8) is 0 Å². The molecule has 0 fully saturated rings. The van der Waals surface area contributed by atoms with Crippen molar-refractivity contribution in [2.75, 3.05) is 6.54 Å². The van der Waals surface area contributed by atoms with E-state index in [2.05, 4.69) is 25.1 Å². The summed E-state index contributed by atoms with van der Waals surface area (Å²) in [4.78, 5) is 0. The first-order chi connectivity index (χ1) is 7.85. The maximum atomic E-state index is 5.44. The molecule has 0 aliphatic heterocycles. The minimum absolute atomic E-state index is 0.296. The van der Waals surface area contributed by atoms with Crippen LogP contribution in [0.5, 0.6) is 0 Å². The molecule has 1 nitrogen and oxygen atoms in total. The first-order valence-corrected chi connectivity index (χ1v) is 7.04. The highest BCUT2D eigenvalue weighted by atomic mass is 14.9. The third-order valence-corrected chi connectivity index (χ3v) is 2.95. The zero-order chi connectivity index (χ0) is 12.1. The van der Waals surface area contributed by atoms with E-state index >= 15 is 0 Å². The topological polar surface area (TPSA) is 12.0 Å². The van der Waals surface area contributed by atoms with Gasteiger partial charge in [0.25, 0.3) is 0 Å². The van der Waals surface area contributed by atoms with Gasteiger partial charge in [0, 0.05) is 0 Å². The Morgan fingerprint density at radius 1 is 0.938 bits per heavy atom. The average molecular weight is 223 g/mol. The van der Waals surface area contributed by atoms with Crippen LogP contribution in [0.3, 0.4) is 0 Å². The number of hydrogen-bond donors (Lipinski definition) is 1. The number of hydrogen-bond acceptors (Lipinski definition) is 1. The van der Waals surface area contributed by atoms with E-state index in [9.17, 15) is 0 Å². The van der Waals surface area contributed by atoms with E-state index < -0.39 is 0 Å². The van der Waals surface area contributed by atoms with E-state index in [0.29, 0.717) is 6.04 Å². The summed E-state index contributed by atoms with van der Waals surface area (Å²) in [5, 5.41) is 3.44. The fraction of sp³-hybridized carbons (Fsp3) is 0.867. The molecule has 0 spiro atoms. The highest BCUT2D eigenvalue weighted by Gasteiger charge is 2.00. The third kappa shape index (κ3) is 10.1. The molecule has 0 aromatic heterocycles. The summed E-state index contributed by atoms with van der Waals surface area (Å²) >= 11 is 0. The van der Waals surface area contributed by atoms with Crippen molar-refractivity contribution in [1.29, 1.82) is 0 Å². The SMILES string of the molecule is C#CC(CCC)NCCCCCCCCC. The Kier molecular flexibility index (Phi) is 12.2. The van der Waals surface area contributed by atoms with Gasteiger partial charge >= 0.3 is 0 Å². The molecule has 0 aromatic carbocycles. The van der Waals surface area contributed by atoms with Gasteiger partial charge in [0.1, 0.15) is 0 Å². The predicted molar refractivity (Wildman–Crippen MR) is 73.5 cm³/mol. The Bertz CT molecular complexity index is 169. The van der Waals surface area contributed by atoms with Gasteiger partial charge in [-0.05, 0) is 19.4 Å². The molecule has 0 aromatic rings. The summed E-state index contributed by atoms with van der Waals surface area (Å²) in [7, 11) is 0. The first kappa shape index (κ1) is 15.5. The van der Waals surface area contributed by atoms with E-state index in [1.165, 1.54) is 51.4 Å². The molecule has 0 saturated carbocycles. The minimum Gasteiger partial charge on any atom is -0.304 e. The number of nitrogens with one attached hydrogen (secondary N) is 1. The van der Waals surface area contributed by atoms with Crippen molar-refractivity contribution in [2.24, 2.45) is 0 Å². The molecule has 0 aliphatic carbocycles. The zero-order valence-electron chi connectivity index (χ0n) is 11.2. The Hall–Kier alpha value is -0.480. The van der Waals surface area contributed by atoms with Crippen molar-refractivity contribution in [2.45, 2.75) is 77.7 Å². The van der Waals surface area contributed by atoms with Crippen molar-refractivity contribution in [3.05, 3.63) is 0 Å². The normalized spacial score (nSPS) is 12.3. The van der Waals surface area contributed by atoms with Crippen LogP contribution in [0.2, 0.25) is 0 Å². The van der Waals surface area contributed by atoms with Crippen molar-refractivity contribution in [1.82, 2.24) is 5.32 Å². The molecule has 0 bridgehead atoms. The Morgan fingerprint density at radius 2 is 1.56 bits per heavy atom. The van der Waals surface area contributed by atoms with Gasteiger partial charge in [-0.3, -0.25) is 0 Å². The summed E-state index contributed by atoms with van der Waals surface area (Å²) < 4.78 is 0. The molecule has 0 amide bonds. The summed E-state index contributed by atoms with van der Waals surface area (Å²) in [6.45, 7) is 5.53. The molecule has 1 atom stereocenters. The molecule has 94 valence electrons. The lowest BCUT2D eigenvalue weighted by atomic mass is 10.1. The van der Waals surface area contributed by atoms with Crippen LogP contribution in [0.15, 0.2) is 0 Å². The van der Waals surface area contributed by atoms with Gasteiger partial charge in [0.15, 0.2) is 0 Å². The van der Waals surface area contributed by atoms with Gasteiger partial charge < -0.3 is 5.32 Å². The number of unbranched alkanes of at least 4 members (excludes halogenated alkanes) is 6. The standard InChI is InChI=1S/C15H29N/c1-4-7-8-9-10-11-12-14-16-15(6-3)13-5-2/h3,15-16H,4-5,7-14H2,1-2H3.